The topological polar surface area (TPSA) is 37.0 Å². The molecule has 0 bridgehead atoms. The molecule has 1 aromatic carbocycles. The third-order valence-electron chi connectivity index (χ3n) is 4.08. The first-order valence-corrected chi connectivity index (χ1v) is 8.38. The Labute approximate surface area is 129 Å². The average molecular weight is 301 g/mol. The number of aromatic hydroxyl groups is 1. The Morgan fingerprint density at radius 2 is 2.00 bits per heavy atom. The van der Waals surface area contributed by atoms with Gasteiger partial charge in [0.05, 0.1) is 24.5 Å². The normalized spacial score (nSPS) is 17.5. The molecule has 2 N–H and O–H groups in total. The van der Waals surface area contributed by atoms with Gasteiger partial charge in [-0.2, -0.15) is 0 Å². The van der Waals surface area contributed by atoms with Crippen molar-refractivity contribution in [3.63, 3.8) is 0 Å². The minimum Gasteiger partial charge on any atom is -0.507 e. The first kappa shape index (κ1) is 14.3. The zero-order valence-electron chi connectivity index (χ0n) is 12.0. The molecular formula is C17H21N2OS+. The number of para-hydroxylation sites is 1. The van der Waals surface area contributed by atoms with Crippen molar-refractivity contribution in [3.8, 4) is 5.75 Å². The van der Waals surface area contributed by atoms with E-state index in [-0.39, 0.29) is 0 Å². The summed E-state index contributed by atoms with van der Waals surface area (Å²) in [5, 5.41) is 11.9. The van der Waals surface area contributed by atoms with Crippen LogP contribution in [0.1, 0.15) is 29.3 Å². The molecule has 3 nitrogen and oxygen atoms in total. The van der Waals surface area contributed by atoms with E-state index in [9.17, 15) is 5.11 Å². The minimum atomic E-state index is 0.294. The molecule has 1 aliphatic heterocycles. The summed E-state index contributed by atoms with van der Waals surface area (Å²) < 4.78 is 0. The fourth-order valence-corrected chi connectivity index (χ4v) is 3.82. The van der Waals surface area contributed by atoms with Crippen LogP contribution in [-0.2, 0) is 0 Å². The Bertz CT molecular complexity index is 589. The quantitative estimate of drug-likeness (QED) is 0.817. The second kappa shape index (κ2) is 6.87. The van der Waals surface area contributed by atoms with Crippen LogP contribution in [0.15, 0.2) is 46.8 Å². The Morgan fingerprint density at radius 1 is 1.19 bits per heavy atom. The van der Waals surface area contributed by atoms with Crippen LogP contribution in [0.25, 0.3) is 0 Å². The van der Waals surface area contributed by atoms with Crippen LogP contribution in [0.2, 0.25) is 0 Å². The van der Waals surface area contributed by atoms with E-state index in [2.05, 4.69) is 22.5 Å². The molecule has 1 atom stereocenters. The zero-order chi connectivity index (χ0) is 14.5. The van der Waals surface area contributed by atoms with Gasteiger partial charge in [-0.1, -0.05) is 18.2 Å². The molecule has 0 unspecified atom stereocenters. The van der Waals surface area contributed by atoms with Crippen LogP contribution in [-0.4, -0.2) is 31.0 Å². The maximum atomic E-state index is 9.78. The van der Waals surface area contributed by atoms with Crippen LogP contribution in [0.4, 0.5) is 0 Å². The van der Waals surface area contributed by atoms with Crippen molar-refractivity contribution >= 4 is 17.6 Å². The van der Waals surface area contributed by atoms with Gasteiger partial charge in [-0.15, -0.1) is 11.3 Å². The average Bonchev–Trinajstić information content (AvgIpc) is 3.19. The van der Waals surface area contributed by atoms with Gasteiger partial charge in [-0.05, 0) is 23.6 Å². The second-order valence-electron chi connectivity index (χ2n) is 5.49. The highest BCUT2D eigenvalue weighted by Crippen LogP contribution is 2.18. The van der Waals surface area contributed by atoms with Crippen molar-refractivity contribution in [1.29, 1.82) is 0 Å². The SMILES string of the molecule is Oc1ccccc1C=NC[C@H](c1cccs1)[NH+]1CCCC1. The summed E-state index contributed by atoms with van der Waals surface area (Å²) in [5.41, 5.74) is 0.791. The van der Waals surface area contributed by atoms with Gasteiger partial charge in [0.2, 0.25) is 0 Å². The lowest BCUT2D eigenvalue weighted by molar-refractivity contribution is -0.917. The standard InChI is InChI=1S/C17H20N2OS/c20-16-7-2-1-6-14(16)12-18-13-15(17-8-5-11-21-17)19-9-3-4-10-19/h1-2,5-8,11-12,15,20H,3-4,9-10,13H2/p+1/t15-/m1/s1. The molecule has 1 aliphatic rings. The molecule has 3 rings (SSSR count). The van der Waals surface area contributed by atoms with Gasteiger partial charge < -0.3 is 10.0 Å². The van der Waals surface area contributed by atoms with Crippen molar-refractivity contribution in [1.82, 2.24) is 0 Å². The highest BCUT2D eigenvalue weighted by molar-refractivity contribution is 7.10. The lowest BCUT2D eigenvalue weighted by Crippen LogP contribution is -3.10. The van der Waals surface area contributed by atoms with Crippen LogP contribution < -0.4 is 4.90 Å². The maximum Gasteiger partial charge on any atom is 0.142 e. The predicted octanol–water partition coefficient (Wildman–Crippen LogP) is 2.29. The number of aliphatic imine (C=N–C) groups is 1. The lowest BCUT2D eigenvalue weighted by atomic mass is 10.2. The first-order valence-electron chi connectivity index (χ1n) is 7.50. The van der Waals surface area contributed by atoms with Gasteiger partial charge in [-0.25, -0.2) is 0 Å². The number of quaternary nitrogens is 1. The van der Waals surface area contributed by atoms with Crippen LogP contribution in [0, 0.1) is 0 Å². The van der Waals surface area contributed by atoms with Crippen LogP contribution in [0.3, 0.4) is 0 Å². The molecule has 1 aromatic heterocycles. The van der Waals surface area contributed by atoms with E-state index >= 15 is 0 Å². The van der Waals surface area contributed by atoms with Crippen LogP contribution >= 0.6 is 11.3 Å². The van der Waals surface area contributed by atoms with E-state index in [0.717, 1.165) is 12.1 Å². The summed E-state index contributed by atoms with van der Waals surface area (Å²) in [5.74, 6) is 0.294. The number of rotatable bonds is 5. The van der Waals surface area contributed by atoms with Crippen molar-refractivity contribution in [2.45, 2.75) is 18.9 Å². The molecule has 2 aromatic rings. The lowest BCUT2D eigenvalue weighted by Gasteiger charge is -2.22. The highest BCUT2D eigenvalue weighted by atomic mass is 32.1. The molecule has 0 saturated carbocycles. The number of phenols is 1. The van der Waals surface area contributed by atoms with E-state index in [4.69, 9.17) is 0 Å². The van der Waals surface area contributed by atoms with Crippen molar-refractivity contribution in [3.05, 3.63) is 52.2 Å². The van der Waals surface area contributed by atoms with E-state index in [1.54, 1.807) is 17.2 Å². The fraction of sp³-hybridized carbons (Fsp3) is 0.353. The van der Waals surface area contributed by atoms with Crippen molar-refractivity contribution in [2.75, 3.05) is 19.6 Å². The van der Waals surface area contributed by atoms with Gasteiger partial charge in [0.25, 0.3) is 0 Å². The van der Waals surface area contributed by atoms with Gasteiger partial charge in [0.15, 0.2) is 0 Å². The number of hydrogen-bond donors (Lipinski definition) is 2. The molecule has 1 fully saturated rings. The molecule has 0 aliphatic carbocycles. The Kier molecular flexibility index (Phi) is 4.68. The van der Waals surface area contributed by atoms with E-state index in [1.807, 2.05) is 29.5 Å². The molecular weight excluding hydrogens is 280 g/mol. The Morgan fingerprint density at radius 3 is 2.71 bits per heavy atom. The van der Waals surface area contributed by atoms with Gasteiger partial charge in [-0.3, -0.25) is 4.99 Å². The Hall–Kier alpha value is -1.65. The maximum absolute atomic E-state index is 9.78. The summed E-state index contributed by atoms with van der Waals surface area (Å²) in [6, 6.07) is 12.1. The molecule has 0 amide bonds. The number of hydrogen-bond acceptors (Lipinski definition) is 3. The molecule has 0 spiro atoms. The monoisotopic (exact) mass is 301 g/mol. The number of thiophene rings is 1. The van der Waals surface area contributed by atoms with Crippen molar-refractivity contribution in [2.24, 2.45) is 4.99 Å². The van der Waals surface area contributed by atoms with E-state index in [1.165, 1.54) is 30.8 Å². The molecule has 1 saturated heterocycles. The van der Waals surface area contributed by atoms with E-state index in [0.29, 0.717) is 11.8 Å². The third-order valence-corrected chi connectivity index (χ3v) is 5.07. The third kappa shape index (κ3) is 3.52. The summed E-state index contributed by atoms with van der Waals surface area (Å²) in [6.45, 7) is 3.27. The second-order valence-corrected chi connectivity index (χ2v) is 6.47. The minimum absolute atomic E-state index is 0.294. The molecule has 4 heteroatoms. The molecule has 2 heterocycles. The Balaban J connectivity index is 1.71. The smallest absolute Gasteiger partial charge is 0.142 e. The summed E-state index contributed by atoms with van der Waals surface area (Å²) in [6.07, 6.45) is 4.44. The number of phenolic OH excluding ortho intramolecular Hbond substituents is 1. The number of nitrogens with one attached hydrogen (secondary N) is 1. The van der Waals surface area contributed by atoms with E-state index < -0.39 is 0 Å². The zero-order valence-corrected chi connectivity index (χ0v) is 12.9. The summed E-state index contributed by atoms with van der Waals surface area (Å²) >= 11 is 1.82. The fourth-order valence-electron chi connectivity index (χ4n) is 2.94. The molecule has 21 heavy (non-hydrogen) atoms. The summed E-state index contributed by atoms with van der Waals surface area (Å²) in [7, 11) is 0. The van der Waals surface area contributed by atoms with Crippen molar-refractivity contribution < 1.29 is 10.0 Å². The summed E-state index contributed by atoms with van der Waals surface area (Å²) in [4.78, 5) is 7.67. The number of likely N-dealkylation sites (tertiary alicyclic amines) is 1. The first-order chi connectivity index (χ1) is 10.3. The molecule has 0 radical (unpaired) electrons. The molecule has 110 valence electrons. The van der Waals surface area contributed by atoms with Crippen LogP contribution in [0.5, 0.6) is 5.75 Å². The predicted molar refractivity (Wildman–Crippen MR) is 87.6 cm³/mol. The van der Waals surface area contributed by atoms with Gasteiger partial charge >= 0.3 is 0 Å². The number of nitrogens with zero attached hydrogens (tertiary/aromatic N) is 1. The largest absolute Gasteiger partial charge is 0.507 e. The van der Waals surface area contributed by atoms with Gasteiger partial charge in [0, 0.05) is 24.6 Å². The highest BCUT2D eigenvalue weighted by Gasteiger charge is 2.27. The number of benzene rings is 1. The van der Waals surface area contributed by atoms with Gasteiger partial charge in [0.1, 0.15) is 11.8 Å².